The first-order valence-electron chi connectivity index (χ1n) is 5.20. The number of aryl methyl sites for hydroxylation is 1. The molecule has 82 valence electrons. The summed E-state index contributed by atoms with van der Waals surface area (Å²) < 4.78 is 0. The summed E-state index contributed by atoms with van der Waals surface area (Å²) in [6, 6.07) is 6.01. The van der Waals surface area contributed by atoms with Gasteiger partial charge in [-0.05, 0) is 25.0 Å². The van der Waals surface area contributed by atoms with Gasteiger partial charge < -0.3 is 10.7 Å². The molecule has 0 saturated carbocycles. The lowest BCUT2D eigenvalue weighted by molar-refractivity contribution is 0.442. The molecule has 0 aliphatic rings. The van der Waals surface area contributed by atoms with Crippen molar-refractivity contribution in [2.75, 3.05) is 12.3 Å². The van der Waals surface area contributed by atoms with Crippen LogP contribution in [0.15, 0.2) is 24.8 Å². The molecule has 0 amide bonds. The van der Waals surface area contributed by atoms with Crippen molar-refractivity contribution in [3.8, 4) is 0 Å². The van der Waals surface area contributed by atoms with E-state index in [2.05, 4.69) is 19.6 Å². The standard InChI is InChI=1S/C12H19N3/c1-4-10-6-7-11(12(13)8-10)9(3)15(14)5-2/h6-8H,3-5,13-14H2,1-2H3. The van der Waals surface area contributed by atoms with E-state index in [9.17, 15) is 0 Å². The molecule has 0 bridgehead atoms. The maximum Gasteiger partial charge on any atom is 0.0538 e. The lowest BCUT2D eigenvalue weighted by atomic mass is 10.1. The predicted molar refractivity (Wildman–Crippen MR) is 65.8 cm³/mol. The fourth-order valence-corrected chi connectivity index (χ4v) is 1.44. The maximum atomic E-state index is 5.95. The van der Waals surface area contributed by atoms with Crippen LogP contribution in [0.4, 0.5) is 5.69 Å². The summed E-state index contributed by atoms with van der Waals surface area (Å²) in [6.07, 6.45) is 0.983. The van der Waals surface area contributed by atoms with Crippen molar-refractivity contribution in [1.29, 1.82) is 0 Å². The molecule has 1 aromatic carbocycles. The Morgan fingerprint density at radius 1 is 1.40 bits per heavy atom. The van der Waals surface area contributed by atoms with E-state index >= 15 is 0 Å². The van der Waals surface area contributed by atoms with Gasteiger partial charge in [0.05, 0.1) is 5.70 Å². The van der Waals surface area contributed by atoms with Gasteiger partial charge in [-0.2, -0.15) is 0 Å². The summed E-state index contributed by atoms with van der Waals surface area (Å²) in [5.41, 5.74) is 9.59. The van der Waals surface area contributed by atoms with E-state index in [1.165, 1.54) is 5.56 Å². The number of benzene rings is 1. The van der Waals surface area contributed by atoms with Crippen LogP contribution in [0.5, 0.6) is 0 Å². The second-order valence-corrected chi connectivity index (χ2v) is 3.51. The van der Waals surface area contributed by atoms with Crippen molar-refractivity contribution in [2.24, 2.45) is 5.84 Å². The smallest absolute Gasteiger partial charge is 0.0538 e. The molecule has 4 N–H and O–H groups in total. The van der Waals surface area contributed by atoms with E-state index in [1.54, 1.807) is 5.01 Å². The van der Waals surface area contributed by atoms with Crippen molar-refractivity contribution >= 4 is 11.4 Å². The van der Waals surface area contributed by atoms with Gasteiger partial charge in [-0.15, -0.1) is 0 Å². The Kier molecular flexibility index (Phi) is 3.74. The van der Waals surface area contributed by atoms with E-state index in [-0.39, 0.29) is 0 Å². The molecule has 0 unspecified atom stereocenters. The fourth-order valence-electron chi connectivity index (χ4n) is 1.44. The molecule has 15 heavy (non-hydrogen) atoms. The van der Waals surface area contributed by atoms with Gasteiger partial charge in [-0.1, -0.05) is 25.6 Å². The minimum Gasteiger partial charge on any atom is -0.398 e. The summed E-state index contributed by atoms with van der Waals surface area (Å²) in [4.78, 5) is 0. The van der Waals surface area contributed by atoms with Gasteiger partial charge in [0.1, 0.15) is 0 Å². The molecule has 1 rings (SSSR count). The van der Waals surface area contributed by atoms with Crippen LogP contribution in [0.3, 0.4) is 0 Å². The van der Waals surface area contributed by atoms with Crippen LogP contribution >= 0.6 is 0 Å². The number of hydrogen-bond acceptors (Lipinski definition) is 3. The van der Waals surface area contributed by atoms with Crippen molar-refractivity contribution in [2.45, 2.75) is 20.3 Å². The highest BCUT2D eigenvalue weighted by atomic mass is 15.4. The average molecular weight is 205 g/mol. The second kappa shape index (κ2) is 4.84. The molecule has 0 aliphatic carbocycles. The third kappa shape index (κ3) is 2.50. The monoisotopic (exact) mass is 205 g/mol. The van der Waals surface area contributed by atoms with E-state index in [0.29, 0.717) is 6.54 Å². The third-order valence-electron chi connectivity index (χ3n) is 2.52. The molecule has 0 saturated heterocycles. The SMILES string of the molecule is C=C(c1ccc(CC)cc1N)N(N)CC. The van der Waals surface area contributed by atoms with Crippen LogP contribution in [-0.4, -0.2) is 11.6 Å². The first-order valence-corrected chi connectivity index (χ1v) is 5.20. The van der Waals surface area contributed by atoms with Crippen LogP contribution in [0.2, 0.25) is 0 Å². The number of nitrogen functional groups attached to an aromatic ring is 1. The minimum atomic E-state index is 0.716. The molecule has 0 spiro atoms. The maximum absolute atomic E-state index is 5.95. The molecule has 3 nitrogen and oxygen atoms in total. The largest absolute Gasteiger partial charge is 0.398 e. The molecule has 0 fully saturated rings. The van der Waals surface area contributed by atoms with Crippen molar-refractivity contribution < 1.29 is 0 Å². The van der Waals surface area contributed by atoms with E-state index in [1.807, 2.05) is 19.1 Å². The highest BCUT2D eigenvalue weighted by Crippen LogP contribution is 2.22. The molecule has 0 atom stereocenters. The van der Waals surface area contributed by atoms with Gasteiger partial charge in [0.15, 0.2) is 0 Å². The minimum absolute atomic E-state index is 0.716. The normalized spacial score (nSPS) is 10.1. The fraction of sp³-hybridized carbons (Fsp3) is 0.333. The summed E-state index contributed by atoms with van der Waals surface area (Å²) in [5, 5.41) is 1.59. The number of rotatable bonds is 4. The summed E-state index contributed by atoms with van der Waals surface area (Å²) in [7, 11) is 0. The molecule has 0 radical (unpaired) electrons. The highest BCUT2D eigenvalue weighted by Gasteiger charge is 2.07. The molecule has 0 heterocycles. The Labute approximate surface area is 91.3 Å². The van der Waals surface area contributed by atoms with Crippen molar-refractivity contribution in [3.63, 3.8) is 0 Å². The zero-order valence-electron chi connectivity index (χ0n) is 9.46. The summed E-state index contributed by atoms with van der Waals surface area (Å²) in [6.45, 7) is 8.72. The van der Waals surface area contributed by atoms with E-state index < -0.39 is 0 Å². The third-order valence-corrected chi connectivity index (χ3v) is 2.52. The van der Waals surface area contributed by atoms with E-state index in [0.717, 1.165) is 23.4 Å². The Morgan fingerprint density at radius 2 is 2.07 bits per heavy atom. The van der Waals surface area contributed by atoms with Crippen LogP contribution in [-0.2, 0) is 6.42 Å². The van der Waals surface area contributed by atoms with E-state index in [4.69, 9.17) is 11.6 Å². The molecule has 0 aliphatic heterocycles. The van der Waals surface area contributed by atoms with Gasteiger partial charge >= 0.3 is 0 Å². The lowest BCUT2D eigenvalue weighted by Gasteiger charge is -2.20. The number of hydrazine groups is 1. The summed E-state index contributed by atoms with van der Waals surface area (Å²) >= 11 is 0. The lowest BCUT2D eigenvalue weighted by Crippen LogP contribution is -2.28. The Bertz CT molecular complexity index is 358. The van der Waals surface area contributed by atoms with Gasteiger partial charge in [-0.25, -0.2) is 5.84 Å². The molecular formula is C12H19N3. The average Bonchev–Trinajstić information content (AvgIpc) is 2.26. The van der Waals surface area contributed by atoms with Crippen LogP contribution in [0.1, 0.15) is 25.0 Å². The van der Waals surface area contributed by atoms with Crippen molar-refractivity contribution in [1.82, 2.24) is 5.01 Å². The number of nitrogens with zero attached hydrogens (tertiary/aromatic N) is 1. The van der Waals surface area contributed by atoms with Crippen LogP contribution in [0.25, 0.3) is 5.70 Å². The van der Waals surface area contributed by atoms with Gasteiger partial charge in [0, 0.05) is 17.8 Å². The summed E-state index contributed by atoms with van der Waals surface area (Å²) in [5.74, 6) is 5.77. The van der Waals surface area contributed by atoms with Crippen molar-refractivity contribution in [3.05, 3.63) is 35.9 Å². The van der Waals surface area contributed by atoms with Gasteiger partial charge in [0.25, 0.3) is 0 Å². The first-order chi connectivity index (χ1) is 7.10. The number of anilines is 1. The first kappa shape index (κ1) is 11.6. The van der Waals surface area contributed by atoms with Gasteiger partial charge in [0.2, 0.25) is 0 Å². The van der Waals surface area contributed by atoms with Gasteiger partial charge in [-0.3, -0.25) is 0 Å². The van der Waals surface area contributed by atoms with Crippen LogP contribution < -0.4 is 11.6 Å². The second-order valence-electron chi connectivity index (χ2n) is 3.51. The Morgan fingerprint density at radius 3 is 2.53 bits per heavy atom. The molecule has 3 heteroatoms. The Balaban J connectivity index is 3.00. The topological polar surface area (TPSA) is 55.3 Å². The predicted octanol–water partition coefficient (Wildman–Crippen LogP) is 2.00. The highest BCUT2D eigenvalue weighted by molar-refractivity contribution is 5.72. The number of hydrogen-bond donors (Lipinski definition) is 2. The number of nitrogens with two attached hydrogens (primary N) is 2. The Hall–Kier alpha value is -1.48. The van der Waals surface area contributed by atoms with Crippen LogP contribution in [0, 0.1) is 0 Å². The quantitative estimate of drug-likeness (QED) is 0.449. The molecule has 1 aromatic rings. The zero-order valence-corrected chi connectivity index (χ0v) is 9.46. The molecule has 0 aromatic heterocycles. The molecular weight excluding hydrogens is 186 g/mol. The zero-order chi connectivity index (χ0) is 11.4.